The van der Waals surface area contributed by atoms with E-state index in [-0.39, 0.29) is 17.5 Å². The number of methoxy groups -OCH3 is 1. The predicted octanol–water partition coefficient (Wildman–Crippen LogP) is 3.91. The van der Waals surface area contributed by atoms with Gasteiger partial charge < -0.3 is 20.1 Å². The van der Waals surface area contributed by atoms with Crippen LogP contribution >= 0.6 is 0 Å². The third-order valence-corrected chi connectivity index (χ3v) is 6.76. The van der Waals surface area contributed by atoms with Gasteiger partial charge in [0, 0.05) is 37.3 Å². The van der Waals surface area contributed by atoms with Gasteiger partial charge in [-0.05, 0) is 36.6 Å². The van der Waals surface area contributed by atoms with Crippen LogP contribution in [0.25, 0.3) is 22.4 Å². The third kappa shape index (κ3) is 4.19. The molecule has 10 nitrogen and oxygen atoms in total. The second-order valence-electron chi connectivity index (χ2n) is 9.45. The van der Waals surface area contributed by atoms with Gasteiger partial charge in [-0.3, -0.25) is 9.36 Å². The number of rotatable bonds is 8. The summed E-state index contributed by atoms with van der Waals surface area (Å²) >= 11 is 0. The molecule has 2 N–H and O–H groups in total. The molecule has 6 rings (SSSR count). The normalized spacial score (nSPS) is 13.1. The molecule has 192 valence electrons. The molecule has 0 aliphatic heterocycles. The molecule has 0 atom stereocenters. The zero-order valence-corrected chi connectivity index (χ0v) is 21.0. The first-order valence-electron chi connectivity index (χ1n) is 12.3. The Labute approximate surface area is 218 Å². The van der Waals surface area contributed by atoms with Gasteiger partial charge in [0.2, 0.25) is 0 Å². The maximum atomic E-state index is 13.0. The lowest BCUT2D eigenvalue weighted by Crippen LogP contribution is -2.27. The van der Waals surface area contributed by atoms with Crippen LogP contribution in [-0.4, -0.2) is 56.3 Å². The molecule has 1 saturated carbocycles. The minimum atomic E-state index is -1.02. The molecule has 5 aromatic rings. The molecule has 3 heterocycles. The van der Waals surface area contributed by atoms with E-state index in [0.717, 1.165) is 29.8 Å². The van der Waals surface area contributed by atoms with E-state index in [4.69, 9.17) is 9.84 Å². The summed E-state index contributed by atoms with van der Waals surface area (Å²) in [5.41, 5.74) is 3.52. The minimum Gasteiger partial charge on any atom is -0.497 e. The van der Waals surface area contributed by atoms with Gasteiger partial charge in [-0.2, -0.15) is 0 Å². The van der Waals surface area contributed by atoms with Crippen LogP contribution in [0.3, 0.4) is 0 Å². The summed E-state index contributed by atoms with van der Waals surface area (Å²) in [6.45, 7) is 0.562. The Morgan fingerprint density at radius 1 is 1.16 bits per heavy atom. The van der Waals surface area contributed by atoms with Crippen molar-refractivity contribution in [2.45, 2.75) is 25.4 Å². The molecule has 38 heavy (non-hydrogen) atoms. The highest BCUT2D eigenvalue weighted by molar-refractivity contribution is 6.04. The summed E-state index contributed by atoms with van der Waals surface area (Å²) in [4.78, 5) is 31.6. The highest BCUT2D eigenvalue weighted by Crippen LogP contribution is 2.29. The van der Waals surface area contributed by atoms with Gasteiger partial charge >= 0.3 is 5.97 Å². The van der Waals surface area contributed by atoms with E-state index in [1.165, 1.54) is 6.20 Å². The van der Waals surface area contributed by atoms with E-state index in [1.54, 1.807) is 34.5 Å². The van der Waals surface area contributed by atoms with E-state index in [9.17, 15) is 14.7 Å². The van der Waals surface area contributed by atoms with Crippen molar-refractivity contribution >= 4 is 34.1 Å². The van der Waals surface area contributed by atoms with E-state index < -0.39 is 5.97 Å². The van der Waals surface area contributed by atoms with Gasteiger partial charge in [0.1, 0.15) is 5.75 Å². The largest absolute Gasteiger partial charge is 0.497 e. The van der Waals surface area contributed by atoms with Crippen molar-refractivity contribution in [3.05, 3.63) is 83.8 Å². The van der Waals surface area contributed by atoms with Crippen LogP contribution in [0.4, 0.5) is 5.69 Å². The fourth-order valence-electron chi connectivity index (χ4n) is 4.61. The first kappa shape index (κ1) is 23.5. The van der Waals surface area contributed by atoms with Crippen molar-refractivity contribution in [1.82, 2.24) is 24.5 Å². The van der Waals surface area contributed by atoms with Gasteiger partial charge in [-0.15, -0.1) is 5.10 Å². The maximum Gasteiger partial charge on any atom is 0.337 e. The SMILES string of the molecule is COc1ccc(CN(C)c2cc(-n3cc(C(=O)O)c4ccccc43)nn3c(C(=O)NC4CC4)cnc23)cc1. The number of hydrogen-bond donors (Lipinski definition) is 2. The standard InChI is InChI=1S/C28H26N6O4/c1-32(15-17-7-11-19(38-2)12-8-17)23-13-25(33-16-21(28(36)37)20-5-3-4-6-22(20)33)31-34-24(14-29-26(23)34)27(35)30-18-9-10-18/h3-8,11-14,16,18H,9-10,15H2,1-2H3,(H,30,35)(H,36,37). The zero-order valence-electron chi connectivity index (χ0n) is 21.0. The Morgan fingerprint density at radius 3 is 2.63 bits per heavy atom. The monoisotopic (exact) mass is 510 g/mol. The van der Waals surface area contributed by atoms with Crippen LogP contribution in [0, 0.1) is 0 Å². The fourth-order valence-corrected chi connectivity index (χ4v) is 4.61. The molecule has 0 spiro atoms. The number of carbonyl (C=O) groups is 2. The van der Waals surface area contributed by atoms with Crippen molar-refractivity contribution in [2.75, 3.05) is 19.1 Å². The number of nitrogens with one attached hydrogen (secondary N) is 1. The second-order valence-corrected chi connectivity index (χ2v) is 9.45. The summed E-state index contributed by atoms with van der Waals surface area (Å²) < 4.78 is 8.56. The van der Waals surface area contributed by atoms with Crippen LogP contribution in [0.2, 0.25) is 0 Å². The van der Waals surface area contributed by atoms with E-state index in [1.807, 2.05) is 54.4 Å². The molecule has 1 fully saturated rings. The summed E-state index contributed by atoms with van der Waals surface area (Å²) in [5.74, 6) is -0.0171. The van der Waals surface area contributed by atoms with Gasteiger partial charge in [-0.25, -0.2) is 14.3 Å². The van der Waals surface area contributed by atoms with Crippen molar-refractivity contribution in [3.63, 3.8) is 0 Å². The zero-order chi connectivity index (χ0) is 26.4. The van der Waals surface area contributed by atoms with E-state index in [0.29, 0.717) is 34.6 Å². The van der Waals surface area contributed by atoms with Gasteiger partial charge in [-0.1, -0.05) is 30.3 Å². The van der Waals surface area contributed by atoms with Crippen LogP contribution in [0.15, 0.2) is 67.0 Å². The Bertz CT molecular complexity index is 1680. The number of aromatic nitrogens is 4. The first-order chi connectivity index (χ1) is 18.4. The number of amides is 1. The van der Waals surface area contributed by atoms with E-state index >= 15 is 0 Å². The summed E-state index contributed by atoms with van der Waals surface area (Å²) in [6, 6.07) is 17.1. The Hall–Kier alpha value is -4.86. The van der Waals surface area contributed by atoms with Gasteiger partial charge in [0.25, 0.3) is 5.91 Å². The fraction of sp³-hybridized carbons (Fsp3) is 0.214. The Kier molecular flexibility index (Phi) is 5.71. The number of nitrogens with zero attached hydrogens (tertiary/aromatic N) is 5. The first-order valence-corrected chi connectivity index (χ1v) is 12.3. The molecule has 2 aromatic carbocycles. The number of hydrogen-bond acceptors (Lipinski definition) is 6. The van der Waals surface area contributed by atoms with Gasteiger partial charge in [0.15, 0.2) is 17.2 Å². The predicted molar refractivity (Wildman–Crippen MR) is 142 cm³/mol. The van der Waals surface area contributed by atoms with Crippen molar-refractivity contribution < 1.29 is 19.4 Å². The topological polar surface area (TPSA) is 114 Å². The molecule has 0 saturated heterocycles. The highest BCUT2D eigenvalue weighted by atomic mass is 16.5. The number of carboxylic acids is 1. The van der Waals surface area contributed by atoms with Crippen molar-refractivity contribution in [1.29, 1.82) is 0 Å². The maximum absolute atomic E-state index is 13.0. The number of anilines is 1. The van der Waals surface area contributed by atoms with Crippen LogP contribution in [-0.2, 0) is 6.54 Å². The summed E-state index contributed by atoms with van der Waals surface area (Å²) in [5, 5.41) is 18.2. The lowest BCUT2D eigenvalue weighted by atomic mass is 10.2. The second kappa shape index (κ2) is 9.22. The Balaban J connectivity index is 1.50. The van der Waals surface area contributed by atoms with E-state index in [2.05, 4.69) is 10.3 Å². The molecule has 1 aliphatic carbocycles. The van der Waals surface area contributed by atoms with Gasteiger partial charge in [0.05, 0.1) is 30.1 Å². The lowest BCUT2D eigenvalue weighted by molar-refractivity contribution is 0.0698. The number of benzene rings is 2. The smallest absolute Gasteiger partial charge is 0.337 e. The lowest BCUT2D eigenvalue weighted by Gasteiger charge is -2.21. The molecule has 1 aliphatic rings. The molecule has 0 radical (unpaired) electrons. The molecule has 10 heteroatoms. The minimum absolute atomic E-state index is 0.174. The van der Waals surface area contributed by atoms with Crippen molar-refractivity contribution in [2.24, 2.45) is 0 Å². The third-order valence-electron chi connectivity index (χ3n) is 6.76. The average molecular weight is 511 g/mol. The number of fused-ring (bicyclic) bond motifs is 2. The molecule has 1 amide bonds. The highest BCUT2D eigenvalue weighted by Gasteiger charge is 2.27. The van der Waals surface area contributed by atoms with Crippen LogP contribution < -0.4 is 15.0 Å². The number of para-hydroxylation sites is 1. The number of carboxylic acid groups (broad SMARTS) is 1. The molecule has 0 bridgehead atoms. The number of aromatic carboxylic acids is 1. The van der Waals surface area contributed by atoms with Crippen LogP contribution in [0.5, 0.6) is 5.75 Å². The number of ether oxygens (including phenoxy) is 1. The summed E-state index contributed by atoms with van der Waals surface area (Å²) in [7, 11) is 3.57. The number of imidazole rings is 1. The molecule has 3 aromatic heterocycles. The quantitative estimate of drug-likeness (QED) is 0.325. The Morgan fingerprint density at radius 2 is 1.92 bits per heavy atom. The molecule has 0 unspecified atom stereocenters. The number of carbonyl (C=O) groups excluding carboxylic acids is 1. The molecular formula is C28H26N6O4. The summed E-state index contributed by atoms with van der Waals surface area (Å²) in [6.07, 6.45) is 5.02. The van der Waals surface area contributed by atoms with Crippen molar-refractivity contribution in [3.8, 4) is 11.6 Å². The molecular weight excluding hydrogens is 484 g/mol. The van der Waals surface area contributed by atoms with Crippen LogP contribution in [0.1, 0.15) is 39.3 Å². The average Bonchev–Trinajstić information content (AvgIpc) is 3.49.